The van der Waals surface area contributed by atoms with E-state index in [9.17, 15) is 9.59 Å². The van der Waals surface area contributed by atoms with E-state index in [1.807, 2.05) is 11.8 Å². The van der Waals surface area contributed by atoms with Gasteiger partial charge in [0, 0.05) is 25.4 Å². The molecule has 0 radical (unpaired) electrons. The van der Waals surface area contributed by atoms with Crippen LogP contribution >= 0.6 is 0 Å². The summed E-state index contributed by atoms with van der Waals surface area (Å²) in [6.07, 6.45) is 4.67. The van der Waals surface area contributed by atoms with Gasteiger partial charge < -0.3 is 9.69 Å². The van der Waals surface area contributed by atoms with Gasteiger partial charge in [-0.1, -0.05) is 6.92 Å². The van der Waals surface area contributed by atoms with Crippen molar-refractivity contribution in [2.45, 2.75) is 46.0 Å². The Kier molecular flexibility index (Phi) is 4.79. The SMILES string of the molecule is CC(=O)CCCCN1CCCC(C)C1=O. The van der Waals surface area contributed by atoms with Gasteiger partial charge in [-0.05, 0) is 32.6 Å². The predicted octanol–water partition coefficient (Wildman–Crippen LogP) is 2.00. The van der Waals surface area contributed by atoms with Crippen molar-refractivity contribution in [3.8, 4) is 0 Å². The number of Topliss-reactive ketones (excluding diaryl/α,β-unsaturated/α-hetero) is 1. The second kappa shape index (κ2) is 5.89. The summed E-state index contributed by atoms with van der Waals surface area (Å²) in [7, 11) is 0. The van der Waals surface area contributed by atoms with Crippen LogP contribution in [0, 0.1) is 5.92 Å². The molecule has 1 saturated heterocycles. The van der Waals surface area contributed by atoms with Crippen molar-refractivity contribution >= 4 is 11.7 Å². The molecule has 0 bridgehead atoms. The van der Waals surface area contributed by atoms with Gasteiger partial charge in [0.15, 0.2) is 0 Å². The Morgan fingerprint density at radius 1 is 1.47 bits per heavy atom. The van der Waals surface area contributed by atoms with Crippen LogP contribution in [0.3, 0.4) is 0 Å². The summed E-state index contributed by atoms with van der Waals surface area (Å²) in [6, 6.07) is 0. The Balaban J connectivity index is 2.20. The lowest BCUT2D eigenvalue weighted by Crippen LogP contribution is -2.40. The van der Waals surface area contributed by atoms with Crippen molar-refractivity contribution < 1.29 is 9.59 Å². The third kappa shape index (κ3) is 4.02. The van der Waals surface area contributed by atoms with Gasteiger partial charge in [0.05, 0.1) is 0 Å². The second-order valence-electron chi connectivity index (χ2n) is 4.53. The topological polar surface area (TPSA) is 37.4 Å². The fourth-order valence-corrected chi connectivity index (χ4v) is 2.03. The van der Waals surface area contributed by atoms with Crippen LogP contribution in [0.4, 0.5) is 0 Å². The van der Waals surface area contributed by atoms with E-state index in [0.717, 1.165) is 38.8 Å². The quantitative estimate of drug-likeness (QED) is 0.652. The fraction of sp³-hybridized carbons (Fsp3) is 0.833. The molecule has 1 rings (SSSR count). The zero-order chi connectivity index (χ0) is 11.3. The summed E-state index contributed by atoms with van der Waals surface area (Å²) in [6.45, 7) is 5.36. The molecular weight excluding hydrogens is 190 g/mol. The van der Waals surface area contributed by atoms with Gasteiger partial charge >= 0.3 is 0 Å². The first-order valence-corrected chi connectivity index (χ1v) is 5.89. The second-order valence-corrected chi connectivity index (χ2v) is 4.53. The molecule has 15 heavy (non-hydrogen) atoms. The molecule has 0 aromatic rings. The van der Waals surface area contributed by atoms with Gasteiger partial charge in [0.2, 0.25) is 5.91 Å². The predicted molar refractivity (Wildman–Crippen MR) is 59.5 cm³/mol. The van der Waals surface area contributed by atoms with Crippen LogP contribution in [0.2, 0.25) is 0 Å². The van der Waals surface area contributed by atoms with Crippen molar-refractivity contribution in [3.63, 3.8) is 0 Å². The summed E-state index contributed by atoms with van der Waals surface area (Å²) < 4.78 is 0. The summed E-state index contributed by atoms with van der Waals surface area (Å²) in [5.41, 5.74) is 0. The summed E-state index contributed by atoms with van der Waals surface area (Å²) in [4.78, 5) is 24.4. The number of piperidine rings is 1. The Labute approximate surface area is 91.8 Å². The van der Waals surface area contributed by atoms with Gasteiger partial charge in [-0.15, -0.1) is 0 Å². The molecular formula is C12H21NO2. The Morgan fingerprint density at radius 2 is 2.20 bits per heavy atom. The van der Waals surface area contributed by atoms with Crippen molar-refractivity contribution in [2.75, 3.05) is 13.1 Å². The molecule has 1 aliphatic heterocycles. The third-order valence-electron chi connectivity index (χ3n) is 3.01. The van der Waals surface area contributed by atoms with Crippen LogP contribution in [0.25, 0.3) is 0 Å². The van der Waals surface area contributed by atoms with Crippen LogP contribution in [0.1, 0.15) is 46.0 Å². The third-order valence-corrected chi connectivity index (χ3v) is 3.01. The van der Waals surface area contributed by atoms with E-state index in [2.05, 4.69) is 0 Å². The molecule has 3 nitrogen and oxygen atoms in total. The molecule has 86 valence electrons. The number of nitrogens with zero attached hydrogens (tertiary/aromatic N) is 1. The molecule has 0 aromatic heterocycles. The summed E-state index contributed by atoms with van der Waals surface area (Å²) in [5, 5.41) is 0. The van der Waals surface area contributed by atoms with Crippen molar-refractivity contribution in [1.82, 2.24) is 4.90 Å². The number of hydrogen-bond donors (Lipinski definition) is 0. The first kappa shape index (κ1) is 12.2. The minimum atomic E-state index is 0.201. The Morgan fingerprint density at radius 3 is 2.87 bits per heavy atom. The highest BCUT2D eigenvalue weighted by Gasteiger charge is 2.24. The van der Waals surface area contributed by atoms with Crippen molar-refractivity contribution in [1.29, 1.82) is 0 Å². The number of ketones is 1. The maximum atomic E-state index is 11.7. The molecule has 3 heteroatoms. The van der Waals surface area contributed by atoms with E-state index in [-0.39, 0.29) is 11.7 Å². The lowest BCUT2D eigenvalue weighted by molar-refractivity contribution is -0.137. The molecule has 0 saturated carbocycles. The molecule has 1 aliphatic rings. The zero-order valence-corrected chi connectivity index (χ0v) is 9.79. The normalized spacial score (nSPS) is 21.9. The number of hydrogen-bond acceptors (Lipinski definition) is 2. The molecule has 1 heterocycles. The van der Waals surface area contributed by atoms with Gasteiger partial charge in [-0.3, -0.25) is 4.79 Å². The van der Waals surface area contributed by atoms with E-state index < -0.39 is 0 Å². The number of amides is 1. The Hall–Kier alpha value is -0.860. The van der Waals surface area contributed by atoms with Crippen LogP contribution in [0.15, 0.2) is 0 Å². The first-order valence-electron chi connectivity index (χ1n) is 5.89. The molecule has 1 fully saturated rings. The van der Waals surface area contributed by atoms with E-state index in [1.54, 1.807) is 6.92 Å². The molecule has 1 amide bonds. The number of rotatable bonds is 5. The van der Waals surface area contributed by atoms with E-state index in [1.165, 1.54) is 0 Å². The number of unbranched alkanes of at least 4 members (excludes halogenated alkanes) is 1. The van der Waals surface area contributed by atoms with Crippen molar-refractivity contribution in [2.24, 2.45) is 5.92 Å². The van der Waals surface area contributed by atoms with Gasteiger partial charge in [-0.25, -0.2) is 0 Å². The summed E-state index contributed by atoms with van der Waals surface area (Å²) in [5.74, 6) is 0.740. The van der Waals surface area contributed by atoms with Crippen LogP contribution in [-0.2, 0) is 9.59 Å². The average Bonchev–Trinajstić information content (AvgIpc) is 2.18. The number of carbonyl (C=O) groups excluding carboxylic acids is 2. The lowest BCUT2D eigenvalue weighted by Gasteiger charge is -2.30. The standard InChI is InChI=1S/C12H21NO2/c1-10-6-5-9-13(12(10)15)8-4-3-7-11(2)14/h10H,3-9H2,1-2H3. The highest BCUT2D eigenvalue weighted by Crippen LogP contribution is 2.17. The molecule has 0 spiro atoms. The summed E-state index contributed by atoms with van der Waals surface area (Å²) >= 11 is 0. The van der Waals surface area contributed by atoms with E-state index in [0.29, 0.717) is 12.3 Å². The molecule has 0 aromatic carbocycles. The van der Waals surface area contributed by atoms with Gasteiger partial charge in [0.25, 0.3) is 0 Å². The highest BCUT2D eigenvalue weighted by molar-refractivity contribution is 5.79. The minimum Gasteiger partial charge on any atom is -0.342 e. The molecule has 1 atom stereocenters. The van der Waals surface area contributed by atoms with Crippen LogP contribution < -0.4 is 0 Å². The molecule has 0 N–H and O–H groups in total. The fourth-order valence-electron chi connectivity index (χ4n) is 2.03. The zero-order valence-electron chi connectivity index (χ0n) is 9.79. The van der Waals surface area contributed by atoms with E-state index >= 15 is 0 Å². The first-order chi connectivity index (χ1) is 7.11. The maximum Gasteiger partial charge on any atom is 0.225 e. The molecule has 1 unspecified atom stereocenters. The smallest absolute Gasteiger partial charge is 0.225 e. The monoisotopic (exact) mass is 211 g/mol. The number of likely N-dealkylation sites (tertiary alicyclic amines) is 1. The molecule has 0 aliphatic carbocycles. The van der Waals surface area contributed by atoms with Gasteiger partial charge in [0.1, 0.15) is 5.78 Å². The van der Waals surface area contributed by atoms with Crippen molar-refractivity contribution in [3.05, 3.63) is 0 Å². The average molecular weight is 211 g/mol. The van der Waals surface area contributed by atoms with Crippen LogP contribution in [-0.4, -0.2) is 29.7 Å². The largest absolute Gasteiger partial charge is 0.342 e. The van der Waals surface area contributed by atoms with Gasteiger partial charge in [-0.2, -0.15) is 0 Å². The number of carbonyl (C=O) groups is 2. The maximum absolute atomic E-state index is 11.7. The van der Waals surface area contributed by atoms with E-state index in [4.69, 9.17) is 0 Å². The Bertz CT molecular complexity index is 238. The van der Waals surface area contributed by atoms with Crippen LogP contribution in [0.5, 0.6) is 0 Å². The highest BCUT2D eigenvalue weighted by atomic mass is 16.2. The lowest BCUT2D eigenvalue weighted by atomic mass is 9.99. The minimum absolute atomic E-state index is 0.201.